The Labute approximate surface area is 196 Å². The summed E-state index contributed by atoms with van der Waals surface area (Å²) in [6.07, 6.45) is 1.21. The average Bonchev–Trinajstić information content (AvgIpc) is 2.78. The molecule has 172 valence electrons. The molecule has 3 rings (SSSR count). The van der Waals surface area contributed by atoms with E-state index in [1.807, 2.05) is 13.8 Å². The molecule has 1 aromatic heterocycles. The van der Waals surface area contributed by atoms with Crippen LogP contribution < -0.4 is 15.2 Å². The van der Waals surface area contributed by atoms with Gasteiger partial charge in [-0.1, -0.05) is 49.7 Å². The third kappa shape index (κ3) is 4.83. The summed E-state index contributed by atoms with van der Waals surface area (Å²) < 4.78 is 6.83. The normalized spacial score (nSPS) is 10.8. The van der Waals surface area contributed by atoms with Gasteiger partial charge in [0.25, 0.3) is 11.5 Å². The summed E-state index contributed by atoms with van der Waals surface area (Å²) in [6, 6.07) is 13.2. The highest BCUT2D eigenvalue weighted by molar-refractivity contribution is 6.36. The van der Waals surface area contributed by atoms with Crippen LogP contribution in [0.2, 0.25) is 5.02 Å². The lowest BCUT2D eigenvalue weighted by Crippen LogP contribution is -2.41. The highest BCUT2D eigenvalue weighted by Crippen LogP contribution is 2.35. The van der Waals surface area contributed by atoms with Crippen molar-refractivity contribution in [2.75, 3.05) is 4.90 Å². The molecule has 0 atom stereocenters. The molecule has 0 aliphatic carbocycles. The van der Waals surface area contributed by atoms with E-state index in [1.54, 1.807) is 48.5 Å². The van der Waals surface area contributed by atoms with Gasteiger partial charge in [-0.25, -0.2) is 4.90 Å². The summed E-state index contributed by atoms with van der Waals surface area (Å²) in [7, 11) is 1.50. The third-order valence-corrected chi connectivity index (χ3v) is 5.46. The SMILES string of the molecule is CCCC(=O)Oc1c(C(=O)N(C(=O)CCC)c2ccccc2)c(=O)n(C)c2cccc(Cl)c12. The molecule has 0 saturated heterocycles. The molecule has 33 heavy (non-hydrogen) atoms. The first-order chi connectivity index (χ1) is 15.8. The molecule has 0 spiro atoms. The lowest BCUT2D eigenvalue weighted by atomic mass is 10.1. The van der Waals surface area contributed by atoms with Crippen LogP contribution in [0.5, 0.6) is 5.75 Å². The number of pyridine rings is 1. The van der Waals surface area contributed by atoms with Crippen LogP contribution in [-0.4, -0.2) is 22.4 Å². The number of carbonyl (C=O) groups excluding carboxylic acids is 3. The number of aryl methyl sites for hydroxylation is 1. The third-order valence-electron chi connectivity index (χ3n) is 5.14. The van der Waals surface area contributed by atoms with Gasteiger partial charge in [0, 0.05) is 19.9 Å². The topological polar surface area (TPSA) is 85.7 Å². The number of rotatable bonds is 7. The molecule has 1 heterocycles. The van der Waals surface area contributed by atoms with Crippen LogP contribution in [0.1, 0.15) is 49.9 Å². The monoisotopic (exact) mass is 468 g/mol. The second kappa shape index (κ2) is 10.4. The smallest absolute Gasteiger partial charge is 0.311 e. The lowest BCUT2D eigenvalue weighted by Gasteiger charge is -2.23. The molecule has 7 nitrogen and oxygen atoms in total. The highest BCUT2D eigenvalue weighted by Gasteiger charge is 2.32. The number of aromatic nitrogens is 1. The van der Waals surface area contributed by atoms with Gasteiger partial charge in [0.2, 0.25) is 5.91 Å². The number of hydrogen-bond acceptors (Lipinski definition) is 5. The van der Waals surface area contributed by atoms with E-state index in [4.69, 9.17) is 16.3 Å². The molecule has 0 bridgehead atoms. The van der Waals surface area contributed by atoms with E-state index in [0.717, 1.165) is 4.90 Å². The fourth-order valence-electron chi connectivity index (χ4n) is 3.56. The van der Waals surface area contributed by atoms with Crippen LogP contribution in [-0.2, 0) is 16.6 Å². The Bertz CT molecular complexity index is 1270. The number of para-hydroxylation sites is 1. The number of benzene rings is 2. The Hall–Kier alpha value is -3.45. The number of esters is 1. The molecule has 3 aromatic rings. The van der Waals surface area contributed by atoms with Crippen LogP contribution >= 0.6 is 11.6 Å². The minimum absolute atomic E-state index is 0.0892. The maximum absolute atomic E-state index is 13.8. The molecule has 2 amide bonds. The van der Waals surface area contributed by atoms with Crippen molar-refractivity contribution in [1.82, 2.24) is 4.57 Å². The Morgan fingerprint density at radius 1 is 0.970 bits per heavy atom. The van der Waals surface area contributed by atoms with Gasteiger partial charge in [0.1, 0.15) is 5.56 Å². The number of carbonyl (C=O) groups is 3. The van der Waals surface area contributed by atoms with Crippen molar-refractivity contribution < 1.29 is 19.1 Å². The van der Waals surface area contributed by atoms with E-state index in [1.165, 1.54) is 11.6 Å². The molecule has 0 N–H and O–H groups in total. The van der Waals surface area contributed by atoms with Crippen molar-refractivity contribution in [3.63, 3.8) is 0 Å². The fourth-order valence-corrected chi connectivity index (χ4v) is 3.82. The Morgan fingerprint density at radius 3 is 2.27 bits per heavy atom. The molecule has 0 unspecified atom stereocenters. The second-order valence-electron chi connectivity index (χ2n) is 7.55. The Morgan fingerprint density at radius 2 is 1.64 bits per heavy atom. The Kier molecular flexibility index (Phi) is 7.66. The lowest BCUT2D eigenvalue weighted by molar-refractivity contribution is -0.134. The molecule has 2 aromatic carbocycles. The summed E-state index contributed by atoms with van der Waals surface area (Å²) in [4.78, 5) is 53.6. The number of imide groups is 1. The van der Waals surface area contributed by atoms with E-state index in [-0.39, 0.29) is 29.0 Å². The van der Waals surface area contributed by atoms with E-state index in [2.05, 4.69) is 0 Å². The van der Waals surface area contributed by atoms with Crippen LogP contribution in [0, 0.1) is 0 Å². The van der Waals surface area contributed by atoms with Gasteiger partial charge < -0.3 is 9.30 Å². The van der Waals surface area contributed by atoms with Gasteiger partial charge in [0.15, 0.2) is 5.75 Å². The van der Waals surface area contributed by atoms with Gasteiger partial charge in [0.05, 0.1) is 21.6 Å². The van der Waals surface area contributed by atoms with Crippen molar-refractivity contribution in [3.05, 3.63) is 69.5 Å². The van der Waals surface area contributed by atoms with Gasteiger partial charge in [-0.15, -0.1) is 0 Å². The predicted molar refractivity (Wildman–Crippen MR) is 128 cm³/mol. The summed E-state index contributed by atoms with van der Waals surface area (Å²) >= 11 is 6.43. The minimum atomic E-state index is -0.874. The average molecular weight is 469 g/mol. The molecule has 0 aliphatic rings. The summed E-state index contributed by atoms with van der Waals surface area (Å²) in [5.41, 5.74) is -0.405. The molecule has 0 saturated carbocycles. The van der Waals surface area contributed by atoms with Crippen molar-refractivity contribution in [2.45, 2.75) is 39.5 Å². The highest BCUT2D eigenvalue weighted by atomic mass is 35.5. The molecule has 8 heteroatoms. The fraction of sp³-hybridized carbons (Fsp3) is 0.280. The van der Waals surface area contributed by atoms with Crippen molar-refractivity contribution in [3.8, 4) is 5.75 Å². The van der Waals surface area contributed by atoms with Gasteiger partial charge in [-0.2, -0.15) is 0 Å². The molecule has 0 aliphatic heterocycles. The van der Waals surface area contributed by atoms with Crippen LogP contribution in [0.25, 0.3) is 10.9 Å². The number of halogens is 1. The molecular formula is C25H25ClN2O5. The first kappa shape index (κ1) is 24.2. The van der Waals surface area contributed by atoms with Crippen molar-refractivity contribution in [1.29, 1.82) is 0 Å². The van der Waals surface area contributed by atoms with Gasteiger partial charge >= 0.3 is 5.97 Å². The summed E-state index contributed by atoms with van der Waals surface area (Å²) in [5, 5.41) is 0.465. The predicted octanol–water partition coefficient (Wildman–Crippen LogP) is 4.87. The van der Waals surface area contributed by atoms with Gasteiger partial charge in [-0.3, -0.25) is 19.2 Å². The van der Waals surface area contributed by atoms with Gasteiger partial charge in [-0.05, 0) is 37.1 Å². The van der Waals surface area contributed by atoms with E-state index < -0.39 is 28.9 Å². The second-order valence-corrected chi connectivity index (χ2v) is 7.95. The number of amides is 2. The zero-order valence-corrected chi connectivity index (χ0v) is 19.5. The molecule has 0 fully saturated rings. The zero-order valence-electron chi connectivity index (χ0n) is 18.8. The molecular weight excluding hydrogens is 444 g/mol. The van der Waals surface area contributed by atoms with E-state index >= 15 is 0 Å². The number of ether oxygens (including phenoxy) is 1. The summed E-state index contributed by atoms with van der Waals surface area (Å²) in [5.74, 6) is -2.18. The maximum atomic E-state index is 13.8. The summed E-state index contributed by atoms with van der Waals surface area (Å²) in [6.45, 7) is 3.63. The van der Waals surface area contributed by atoms with E-state index in [9.17, 15) is 19.2 Å². The first-order valence-corrected chi connectivity index (χ1v) is 11.1. The minimum Gasteiger partial charge on any atom is -0.425 e. The quantitative estimate of drug-likeness (QED) is 0.462. The largest absolute Gasteiger partial charge is 0.425 e. The first-order valence-electron chi connectivity index (χ1n) is 10.8. The number of anilines is 1. The van der Waals surface area contributed by atoms with E-state index in [0.29, 0.717) is 24.0 Å². The maximum Gasteiger partial charge on any atom is 0.311 e. The van der Waals surface area contributed by atoms with Crippen LogP contribution in [0.4, 0.5) is 5.69 Å². The van der Waals surface area contributed by atoms with Crippen molar-refractivity contribution >= 4 is 46.0 Å². The number of nitrogens with zero attached hydrogens (tertiary/aromatic N) is 2. The number of hydrogen-bond donors (Lipinski definition) is 0. The standard InChI is InChI=1S/C25H25ClN2O5/c1-4-10-19(29)28(16-12-7-6-8-13-16)25(32)22-23(33-20(30)11-5-2)21-17(26)14-9-15-18(21)27(3)24(22)31/h6-9,12-15H,4-5,10-11H2,1-3H3. The number of fused-ring (bicyclic) bond motifs is 1. The van der Waals surface area contributed by atoms with Crippen LogP contribution in [0.15, 0.2) is 53.3 Å². The molecule has 0 radical (unpaired) electrons. The zero-order chi connectivity index (χ0) is 24.1. The van der Waals surface area contributed by atoms with Crippen LogP contribution in [0.3, 0.4) is 0 Å². The van der Waals surface area contributed by atoms with Crippen molar-refractivity contribution in [2.24, 2.45) is 7.05 Å². The Balaban J connectivity index is 2.33.